The van der Waals surface area contributed by atoms with Crippen molar-refractivity contribution in [1.82, 2.24) is 10.2 Å². The monoisotopic (exact) mass is 254 g/mol. The summed E-state index contributed by atoms with van der Waals surface area (Å²) in [5.41, 5.74) is -0.127. The van der Waals surface area contributed by atoms with E-state index in [1.54, 1.807) is 0 Å². The number of hydrogen-bond acceptors (Lipinski definition) is 3. The van der Waals surface area contributed by atoms with Gasteiger partial charge in [-0.2, -0.15) is 0 Å². The lowest BCUT2D eigenvalue weighted by atomic mass is 10.1. The fraction of sp³-hybridized carbons (Fsp3) is 0.462. The van der Waals surface area contributed by atoms with E-state index in [1.165, 1.54) is 18.2 Å². The first kappa shape index (κ1) is 13.1. The molecule has 1 aliphatic heterocycles. The molecule has 1 aliphatic rings. The number of ketones is 1. The van der Waals surface area contributed by atoms with Crippen molar-refractivity contribution in [3.8, 4) is 0 Å². The van der Waals surface area contributed by atoms with Crippen LogP contribution >= 0.6 is 0 Å². The summed E-state index contributed by atoms with van der Waals surface area (Å²) in [6.45, 7) is 3.55. The van der Waals surface area contributed by atoms with Gasteiger partial charge in [0, 0.05) is 38.2 Å². The normalized spacial score (nSPS) is 16.8. The highest BCUT2D eigenvalue weighted by Gasteiger charge is 2.17. The molecule has 0 aromatic heterocycles. The molecule has 0 spiro atoms. The lowest BCUT2D eigenvalue weighted by Gasteiger charge is -2.26. The molecular formula is C13H16F2N2O. The maximum absolute atomic E-state index is 13.4. The molecule has 0 aliphatic carbocycles. The number of carbonyl (C=O) groups excluding carboxylic acids is 1. The summed E-state index contributed by atoms with van der Waals surface area (Å²) in [6.07, 6.45) is -0.178. The van der Waals surface area contributed by atoms with E-state index in [0.717, 1.165) is 26.2 Å². The minimum absolute atomic E-state index is 0.127. The minimum Gasteiger partial charge on any atom is -0.314 e. The maximum Gasteiger partial charge on any atom is 0.151 e. The zero-order valence-corrected chi connectivity index (χ0v) is 10.1. The standard InChI is InChI=1S/C13H16F2N2O/c14-12-2-1-3-13(15)11(12)8-10(18)9-17-6-4-16-5-7-17/h1-3,16H,4-9H2. The maximum atomic E-state index is 13.4. The van der Waals surface area contributed by atoms with Crippen LogP contribution in [0.4, 0.5) is 8.78 Å². The van der Waals surface area contributed by atoms with E-state index >= 15 is 0 Å². The van der Waals surface area contributed by atoms with Crippen LogP contribution in [0.25, 0.3) is 0 Å². The van der Waals surface area contributed by atoms with Gasteiger partial charge in [0.25, 0.3) is 0 Å². The summed E-state index contributed by atoms with van der Waals surface area (Å²) in [6, 6.07) is 3.65. The molecule has 1 aromatic rings. The Morgan fingerprint density at radius 2 is 1.83 bits per heavy atom. The second-order valence-electron chi connectivity index (χ2n) is 4.44. The summed E-state index contributed by atoms with van der Waals surface area (Å²) in [4.78, 5) is 13.8. The van der Waals surface area contributed by atoms with Gasteiger partial charge >= 0.3 is 0 Å². The van der Waals surface area contributed by atoms with Crippen molar-refractivity contribution in [3.05, 3.63) is 35.4 Å². The average molecular weight is 254 g/mol. The minimum atomic E-state index is -0.649. The highest BCUT2D eigenvalue weighted by molar-refractivity contribution is 5.82. The highest BCUT2D eigenvalue weighted by atomic mass is 19.1. The number of nitrogens with zero attached hydrogens (tertiary/aromatic N) is 1. The van der Waals surface area contributed by atoms with Gasteiger partial charge in [-0.1, -0.05) is 6.07 Å². The van der Waals surface area contributed by atoms with E-state index in [0.29, 0.717) is 0 Å². The van der Waals surface area contributed by atoms with Crippen molar-refractivity contribution in [2.45, 2.75) is 6.42 Å². The number of halogens is 2. The van der Waals surface area contributed by atoms with Crippen molar-refractivity contribution >= 4 is 5.78 Å². The molecule has 3 nitrogen and oxygen atoms in total. The first-order valence-corrected chi connectivity index (χ1v) is 6.04. The lowest BCUT2D eigenvalue weighted by molar-refractivity contribution is -0.119. The van der Waals surface area contributed by atoms with Crippen molar-refractivity contribution in [3.63, 3.8) is 0 Å². The number of nitrogens with one attached hydrogen (secondary N) is 1. The summed E-state index contributed by atoms with van der Waals surface area (Å²) < 4.78 is 26.7. The molecular weight excluding hydrogens is 238 g/mol. The van der Waals surface area contributed by atoms with Crippen LogP contribution in [0.15, 0.2) is 18.2 Å². The first-order valence-electron chi connectivity index (χ1n) is 6.04. The Balaban J connectivity index is 1.94. The Bertz CT molecular complexity index is 411. The molecule has 0 amide bonds. The van der Waals surface area contributed by atoms with Gasteiger partial charge in [-0.25, -0.2) is 8.78 Å². The van der Waals surface area contributed by atoms with Crippen LogP contribution in [0, 0.1) is 11.6 Å². The number of rotatable bonds is 4. The van der Waals surface area contributed by atoms with Crippen LogP contribution in [-0.4, -0.2) is 43.4 Å². The van der Waals surface area contributed by atoms with Gasteiger partial charge in [0.1, 0.15) is 11.6 Å². The second kappa shape index (κ2) is 6.02. The van der Waals surface area contributed by atoms with Gasteiger partial charge < -0.3 is 5.32 Å². The summed E-state index contributed by atoms with van der Waals surface area (Å²) >= 11 is 0. The quantitative estimate of drug-likeness (QED) is 0.869. The van der Waals surface area contributed by atoms with E-state index in [1.807, 2.05) is 4.90 Å². The molecule has 0 atom stereocenters. The molecule has 18 heavy (non-hydrogen) atoms. The number of benzene rings is 1. The first-order chi connectivity index (χ1) is 8.66. The van der Waals surface area contributed by atoms with E-state index in [4.69, 9.17) is 0 Å². The van der Waals surface area contributed by atoms with Gasteiger partial charge in [0.05, 0.1) is 6.54 Å². The topological polar surface area (TPSA) is 32.3 Å². The largest absolute Gasteiger partial charge is 0.314 e. The third-order valence-electron chi connectivity index (χ3n) is 3.05. The van der Waals surface area contributed by atoms with Crippen molar-refractivity contribution < 1.29 is 13.6 Å². The molecule has 1 aromatic carbocycles. The molecule has 1 heterocycles. The number of piperazine rings is 1. The van der Waals surface area contributed by atoms with Gasteiger partial charge in [0.15, 0.2) is 5.78 Å². The Labute approximate surface area is 105 Å². The van der Waals surface area contributed by atoms with Crippen LogP contribution in [0.5, 0.6) is 0 Å². The van der Waals surface area contributed by atoms with Crippen molar-refractivity contribution in [2.75, 3.05) is 32.7 Å². The SMILES string of the molecule is O=C(Cc1c(F)cccc1F)CN1CCNCC1. The third-order valence-corrected chi connectivity index (χ3v) is 3.05. The van der Waals surface area contributed by atoms with Crippen LogP contribution in [0.2, 0.25) is 0 Å². The predicted molar refractivity (Wildman–Crippen MR) is 64.4 cm³/mol. The summed E-state index contributed by atoms with van der Waals surface area (Å²) in [5.74, 6) is -1.45. The highest BCUT2D eigenvalue weighted by Crippen LogP contribution is 2.13. The molecule has 0 radical (unpaired) electrons. The van der Waals surface area contributed by atoms with Gasteiger partial charge in [-0.05, 0) is 12.1 Å². The molecule has 5 heteroatoms. The predicted octanol–water partition coefficient (Wildman–Crippen LogP) is 0.982. The van der Waals surface area contributed by atoms with Crippen molar-refractivity contribution in [2.24, 2.45) is 0 Å². The second-order valence-corrected chi connectivity index (χ2v) is 4.44. The molecule has 0 unspecified atom stereocenters. The fourth-order valence-corrected chi connectivity index (χ4v) is 2.07. The summed E-state index contributed by atoms with van der Waals surface area (Å²) in [5, 5.41) is 3.18. The van der Waals surface area contributed by atoms with E-state index in [9.17, 15) is 13.6 Å². The Morgan fingerprint density at radius 1 is 1.22 bits per heavy atom. The molecule has 98 valence electrons. The Hall–Kier alpha value is -1.33. The molecule has 1 N–H and O–H groups in total. The fourth-order valence-electron chi connectivity index (χ4n) is 2.07. The summed E-state index contributed by atoms with van der Waals surface area (Å²) in [7, 11) is 0. The Kier molecular flexibility index (Phi) is 4.38. The number of carbonyl (C=O) groups is 1. The number of Topliss-reactive ketones (excluding diaryl/α,β-unsaturated/α-hetero) is 1. The zero-order chi connectivity index (χ0) is 13.0. The lowest BCUT2D eigenvalue weighted by Crippen LogP contribution is -2.45. The molecule has 2 rings (SSSR count). The smallest absolute Gasteiger partial charge is 0.151 e. The average Bonchev–Trinajstić information content (AvgIpc) is 2.35. The van der Waals surface area contributed by atoms with E-state index < -0.39 is 11.6 Å². The Morgan fingerprint density at radius 3 is 2.44 bits per heavy atom. The van der Waals surface area contributed by atoms with Crippen LogP contribution in [0.1, 0.15) is 5.56 Å². The van der Waals surface area contributed by atoms with Gasteiger partial charge in [-0.3, -0.25) is 9.69 Å². The molecule has 1 fully saturated rings. The molecule has 0 bridgehead atoms. The zero-order valence-electron chi connectivity index (χ0n) is 10.1. The molecule has 1 saturated heterocycles. The number of hydrogen-bond donors (Lipinski definition) is 1. The van der Waals surface area contributed by atoms with Gasteiger partial charge in [-0.15, -0.1) is 0 Å². The van der Waals surface area contributed by atoms with Gasteiger partial charge in [0.2, 0.25) is 0 Å². The van der Waals surface area contributed by atoms with Crippen LogP contribution in [-0.2, 0) is 11.2 Å². The molecule has 0 saturated carbocycles. The van der Waals surface area contributed by atoms with Crippen LogP contribution in [0.3, 0.4) is 0 Å². The van der Waals surface area contributed by atoms with Crippen molar-refractivity contribution in [1.29, 1.82) is 0 Å². The third kappa shape index (κ3) is 3.34. The van der Waals surface area contributed by atoms with Crippen LogP contribution < -0.4 is 5.32 Å². The van der Waals surface area contributed by atoms with E-state index in [2.05, 4.69) is 5.32 Å². The van der Waals surface area contributed by atoms with E-state index in [-0.39, 0.29) is 24.3 Å².